The van der Waals surface area contributed by atoms with Gasteiger partial charge in [-0.2, -0.15) is 4.98 Å². The van der Waals surface area contributed by atoms with E-state index in [4.69, 9.17) is 21.1 Å². The zero-order chi connectivity index (χ0) is 20.5. The molecule has 1 atom stereocenters. The van der Waals surface area contributed by atoms with E-state index in [-0.39, 0.29) is 0 Å². The molecule has 5 heterocycles. The summed E-state index contributed by atoms with van der Waals surface area (Å²) in [6.45, 7) is 8.23. The maximum absolute atomic E-state index is 6.24. The Bertz CT molecular complexity index is 860. The van der Waals surface area contributed by atoms with E-state index in [9.17, 15) is 0 Å². The van der Waals surface area contributed by atoms with Crippen molar-refractivity contribution in [2.75, 3.05) is 64.6 Å². The monoisotopic (exact) mass is 451 g/mol. The molecule has 0 aromatic carbocycles. The average molecular weight is 452 g/mol. The lowest BCUT2D eigenvalue weighted by atomic mass is 10.0. The summed E-state index contributed by atoms with van der Waals surface area (Å²) in [5, 5.41) is 0.327. The first-order valence-corrected chi connectivity index (χ1v) is 12.2. The number of nitrogens with zero attached hydrogens (tertiary/aromatic N) is 5. The van der Waals surface area contributed by atoms with E-state index in [2.05, 4.69) is 37.8 Å². The molecule has 5 rings (SSSR count). The van der Waals surface area contributed by atoms with Gasteiger partial charge in [-0.15, -0.1) is 11.3 Å². The van der Waals surface area contributed by atoms with Gasteiger partial charge in [-0.3, -0.25) is 9.80 Å². The second kappa shape index (κ2) is 9.22. The van der Waals surface area contributed by atoms with Crippen LogP contribution in [0, 0.1) is 0 Å². The lowest BCUT2D eigenvalue weighted by Crippen LogP contribution is -2.47. The summed E-state index contributed by atoms with van der Waals surface area (Å²) in [5.41, 5.74) is 0.965. The Morgan fingerprint density at radius 2 is 1.87 bits per heavy atom. The van der Waals surface area contributed by atoms with Gasteiger partial charge < -0.3 is 14.4 Å². The van der Waals surface area contributed by atoms with Gasteiger partial charge in [0.15, 0.2) is 5.82 Å². The molecule has 0 aliphatic carbocycles. The molecule has 9 heteroatoms. The highest BCUT2D eigenvalue weighted by Gasteiger charge is 2.29. The van der Waals surface area contributed by atoms with E-state index in [1.807, 2.05) is 11.3 Å². The van der Waals surface area contributed by atoms with Gasteiger partial charge in [0, 0.05) is 56.3 Å². The molecule has 3 fully saturated rings. The Hall–Kier alpha value is -1.03. The molecule has 3 aliphatic heterocycles. The number of rotatable bonds is 5. The molecule has 0 radical (unpaired) electrons. The van der Waals surface area contributed by atoms with E-state index in [1.54, 1.807) is 0 Å². The van der Waals surface area contributed by atoms with E-state index in [1.165, 1.54) is 24.1 Å². The smallest absolute Gasteiger partial charge is 0.224 e. The van der Waals surface area contributed by atoms with E-state index < -0.39 is 0 Å². The van der Waals surface area contributed by atoms with Crippen LogP contribution in [-0.4, -0.2) is 91.5 Å². The van der Waals surface area contributed by atoms with Crippen molar-refractivity contribution >= 4 is 39.0 Å². The fraction of sp³-hybridized carbons (Fsp3) is 0.714. The van der Waals surface area contributed by atoms with Crippen molar-refractivity contribution in [3.05, 3.63) is 16.2 Å². The Morgan fingerprint density at radius 3 is 2.60 bits per heavy atom. The standard InChI is InChI=1S/C21H30ClN5O2S/c1-25(16-4-9-29-14-16)15-2-5-26(6-3-15)13-17-12-18-19(30-17)20(24-21(22)23-18)27-7-10-28-11-8-27/h12,15-16H,2-11,13-14H2,1H3/t16-/m0/s1. The lowest BCUT2D eigenvalue weighted by molar-refractivity contribution is 0.0834. The lowest BCUT2D eigenvalue weighted by Gasteiger charge is -2.38. The molecule has 3 aliphatic rings. The van der Waals surface area contributed by atoms with Crippen molar-refractivity contribution in [3.8, 4) is 0 Å². The highest BCUT2D eigenvalue weighted by Crippen LogP contribution is 2.34. The van der Waals surface area contributed by atoms with Crippen molar-refractivity contribution in [3.63, 3.8) is 0 Å². The second-order valence-electron chi connectivity index (χ2n) is 8.53. The third kappa shape index (κ3) is 4.45. The van der Waals surface area contributed by atoms with Crippen molar-refractivity contribution in [2.45, 2.75) is 37.9 Å². The highest BCUT2D eigenvalue weighted by molar-refractivity contribution is 7.19. The highest BCUT2D eigenvalue weighted by atomic mass is 35.5. The number of halogens is 1. The topological polar surface area (TPSA) is 54.0 Å². The first kappa shape index (κ1) is 20.8. The van der Waals surface area contributed by atoms with E-state index >= 15 is 0 Å². The van der Waals surface area contributed by atoms with Crippen LogP contribution in [0.15, 0.2) is 6.07 Å². The minimum absolute atomic E-state index is 0.327. The third-order valence-corrected chi connectivity index (χ3v) is 7.96. The van der Waals surface area contributed by atoms with Crippen molar-refractivity contribution in [1.82, 2.24) is 19.8 Å². The summed E-state index contributed by atoms with van der Waals surface area (Å²) in [5.74, 6) is 0.962. The first-order valence-electron chi connectivity index (χ1n) is 11.0. The van der Waals surface area contributed by atoms with Crippen LogP contribution in [0.5, 0.6) is 0 Å². The molecule has 2 aromatic rings. The first-order chi connectivity index (χ1) is 14.7. The molecule has 7 nitrogen and oxygen atoms in total. The van der Waals surface area contributed by atoms with Gasteiger partial charge in [0.25, 0.3) is 0 Å². The molecule has 164 valence electrons. The van der Waals surface area contributed by atoms with Gasteiger partial charge >= 0.3 is 0 Å². The van der Waals surface area contributed by atoms with E-state index in [0.717, 1.165) is 75.2 Å². The number of likely N-dealkylation sites (N-methyl/N-ethyl adjacent to an activating group) is 1. The van der Waals surface area contributed by atoms with Crippen LogP contribution in [0.1, 0.15) is 24.1 Å². The fourth-order valence-corrected chi connectivity index (χ4v) is 6.18. The predicted octanol–water partition coefficient (Wildman–Crippen LogP) is 2.87. The fourth-order valence-electron chi connectivity index (χ4n) is 4.85. The molecule has 0 spiro atoms. The number of hydrogen-bond donors (Lipinski definition) is 0. The van der Waals surface area contributed by atoms with Crippen LogP contribution in [0.2, 0.25) is 5.28 Å². The van der Waals surface area contributed by atoms with Gasteiger partial charge in [0.05, 0.1) is 30.0 Å². The summed E-state index contributed by atoms with van der Waals surface area (Å²) in [7, 11) is 2.28. The number of hydrogen-bond acceptors (Lipinski definition) is 8. The minimum atomic E-state index is 0.327. The van der Waals surface area contributed by atoms with Crippen LogP contribution in [-0.2, 0) is 16.0 Å². The Balaban J connectivity index is 1.25. The zero-order valence-electron chi connectivity index (χ0n) is 17.6. The molecule has 2 aromatic heterocycles. The van der Waals surface area contributed by atoms with Crippen molar-refractivity contribution < 1.29 is 9.47 Å². The van der Waals surface area contributed by atoms with Crippen LogP contribution < -0.4 is 4.90 Å². The van der Waals surface area contributed by atoms with Gasteiger partial charge in [-0.25, -0.2) is 4.98 Å². The summed E-state index contributed by atoms with van der Waals surface area (Å²) < 4.78 is 12.2. The quantitative estimate of drug-likeness (QED) is 0.648. The molecule has 0 N–H and O–H groups in total. The molecule has 0 unspecified atom stereocenters. The number of likely N-dealkylation sites (tertiary alicyclic amines) is 1. The number of aromatic nitrogens is 2. The zero-order valence-corrected chi connectivity index (χ0v) is 19.1. The van der Waals surface area contributed by atoms with Gasteiger partial charge in [-0.05, 0) is 44.0 Å². The van der Waals surface area contributed by atoms with E-state index in [0.29, 0.717) is 17.4 Å². The number of anilines is 1. The molecular formula is C21H30ClN5O2S. The van der Waals surface area contributed by atoms with Crippen LogP contribution in [0.4, 0.5) is 5.82 Å². The maximum Gasteiger partial charge on any atom is 0.224 e. The SMILES string of the molecule is CN(C1CCN(Cc2cc3nc(Cl)nc(N4CCOCC4)c3s2)CC1)[C@H]1CCOC1. The van der Waals surface area contributed by atoms with Gasteiger partial charge in [-0.1, -0.05) is 0 Å². The number of ether oxygens (including phenoxy) is 2. The number of morpholine rings is 1. The van der Waals surface area contributed by atoms with Crippen LogP contribution >= 0.6 is 22.9 Å². The molecule has 0 amide bonds. The molecular weight excluding hydrogens is 422 g/mol. The summed E-state index contributed by atoms with van der Waals surface area (Å²) >= 11 is 8.06. The van der Waals surface area contributed by atoms with Crippen molar-refractivity contribution in [2.24, 2.45) is 0 Å². The maximum atomic E-state index is 6.24. The van der Waals surface area contributed by atoms with Gasteiger partial charge in [0.2, 0.25) is 5.28 Å². The van der Waals surface area contributed by atoms with Crippen LogP contribution in [0.25, 0.3) is 10.2 Å². The number of thiophene rings is 1. The molecule has 3 saturated heterocycles. The largest absolute Gasteiger partial charge is 0.380 e. The molecule has 0 bridgehead atoms. The van der Waals surface area contributed by atoms with Crippen molar-refractivity contribution in [1.29, 1.82) is 0 Å². The summed E-state index contributed by atoms with van der Waals surface area (Å²) in [4.78, 5) is 17.8. The average Bonchev–Trinajstić information content (AvgIpc) is 3.44. The summed E-state index contributed by atoms with van der Waals surface area (Å²) in [6, 6.07) is 3.48. The predicted molar refractivity (Wildman–Crippen MR) is 121 cm³/mol. The normalized spacial score (nSPS) is 24.4. The summed E-state index contributed by atoms with van der Waals surface area (Å²) in [6.07, 6.45) is 3.62. The Labute approximate surface area is 186 Å². The van der Waals surface area contributed by atoms with Crippen LogP contribution in [0.3, 0.4) is 0 Å². The third-order valence-electron chi connectivity index (χ3n) is 6.68. The molecule has 30 heavy (non-hydrogen) atoms. The number of fused-ring (bicyclic) bond motifs is 1. The molecule has 0 saturated carbocycles. The minimum Gasteiger partial charge on any atom is -0.380 e. The number of piperidine rings is 1. The second-order valence-corrected chi connectivity index (χ2v) is 10.0. The van der Waals surface area contributed by atoms with Gasteiger partial charge in [0.1, 0.15) is 0 Å². The Morgan fingerprint density at radius 1 is 1.07 bits per heavy atom. The Kier molecular flexibility index (Phi) is 6.41.